The lowest BCUT2D eigenvalue weighted by Crippen LogP contribution is -2.30. The average Bonchev–Trinajstić information content (AvgIpc) is 2.90. The molecule has 0 saturated heterocycles. The van der Waals surface area contributed by atoms with E-state index in [9.17, 15) is 0 Å². The summed E-state index contributed by atoms with van der Waals surface area (Å²) in [6.07, 6.45) is 0.738. The number of nitrogens with one attached hydrogen (secondary N) is 1. The smallest absolute Gasteiger partial charge is 0.0958 e. The summed E-state index contributed by atoms with van der Waals surface area (Å²) in [6, 6.07) is 10.2. The van der Waals surface area contributed by atoms with Crippen LogP contribution in [0.15, 0.2) is 30.3 Å². The van der Waals surface area contributed by atoms with Gasteiger partial charge in [-0.15, -0.1) is 11.3 Å². The Bertz CT molecular complexity index is 735. The molecule has 0 fully saturated rings. The van der Waals surface area contributed by atoms with Crippen molar-refractivity contribution in [3.05, 3.63) is 52.3 Å². The highest BCUT2D eigenvalue weighted by atomic mass is 32.1. The number of thiazole rings is 1. The second-order valence-electron chi connectivity index (χ2n) is 5.03. The van der Waals surface area contributed by atoms with E-state index in [-0.39, 0.29) is 6.04 Å². The number of nitrogens with zero attached hydrogens (tertiary/aromatic N) is 3. The van der Waals surface area contributed by atoms with E-state index in [2.05, 4.69) is 26.7 Å². The molecule has 0 spiro atoms. The van der Waals surface area contributed by atoms with E-state index in [1.54, 1.807) is 11.3 Å². The van der Waals surface area contributed by atoms with E-state index in [0.29, 0.717) is 0 Å². The number of hydrazine groups is 1. The van der Waals surface area contributed by atoms with Crippen molar-refractivity contribution in [3.8, 4) is 0 Å². The minimum atomic E-state index is -0.0141. The highest BCUT2D eigenvalue weighted by Gasteiger charge is 2.17. The van der Waals surface area contributed by atoms with Gasteiger partial charge >= 0.3 is 0 Å². The van der Waals surface area contributed by atoms with Gasteiger partial charge in [-0.1, -0.05) is 12.1 Å². The van der Waals surface area contributed by atoms with Gasteiger partial charge in [-0.25, -0.2) is 4.98 Å². The molecule has 0 aliphatic rings. The number of nitrogens with two attached hydrogens (primary N) is 1. The lowest BCUT2D eigenvalue weighted by molar-refractivity contribution is 0.543. The van der Waals surface area contributed by atoms with Crippen LogP contribution in [0.25, 0.3) is 10.2 Å². The normalized spacial score (nSPS) is 12.7. The van der Waals surface area contributed by atoms with E-state index < -0.39 is 0 Å². The first-order chi connectivity index (χ1) is 10.2. The Kier molecular flexibility index (Phi) is 3.92. The third-order valence-corrected chi connectivity index (χ3v) is 4.49. The molecule has 108 valence electrons. The van der Waals surface area contributed by atoms with Gasteiger partial charge in [0, 0.05) is 6.42 Å². The molecule has 1 unspecified atom stereocenters. The minimum absolute atomic E-state index is 0.0141. The van der Waals surface area contributed by atoms with Gasteiger partial charge in [0.25, 0.3) is 0 Å². The van der Waals surface area contributed by atoms with Crippen LogP contribution in [0.2, 0.25) is 0 Å². The van der Waals surface area contributed by atoms with Crippen LogP contribution < -0.4 is 11.3 Å². The maximum Gasteiger partial charge on any atom is 0.0958 e. The van der Waals surface area contributed by atoms with E-state index >= 15 is 0 Å². The first-order valence-corrected chi connectivity index (χ1v) is 7.60. The van der Waals surface area contributed by atoms with Crippen molar-refractivity contribution in [1.29, 1.82) is 0 Å². The third-order valence-electron chi connectivity index (χ3n) is 3.43. The zero-order valence-electron chi connectivity index (χ0n) is 12.0. The van der Waals surface area contributed by atoms with Gasteiger partial charge < -0.3 is 0 Å². The molecular formula is C15H17N5S. The summed E-state index contributed by atoms with van der Waals surface area (Å²) in [5, 5.41) is 9.30. The highest BCUT2D eigenvalue weighted by Crippen LogP contribution is 2.26. The monoisotopic (exact) mass is 299 g/mol. The summed E-state index contributed by atoms with van der Waals surface area (Å²) < 4.78 is 1.20. The SMILES string of the molecule is Cc1cc(C(Cc2nc3ccccc3s2)NN)c(C)nn1. The molecule has 0 amide bonds. The zero-order chi connectivity index (χ0) is 14.8. The molecule has 2 aromatic heterocycles. The Morgan fingerprint density at radius 2 is 2.05 bits per heavy atom. The molecule has 1 atom stereocenters. The summed E-state index contributed by atoms with van der Waals surface area (Å²) in [5.74, 6) is 5.74. The number of hydrogen-bond donors (Lipinski definition) is 2. The van der Waals surface area contributed by atoms with Gasteiger partial charge in [0.15, 0.2) is 0 Å². The summed E-state index contributed by atoms with van der Waals surface area (Å²) in [4.78, 5) is 4.67. The Labute approximate surface area is 127 Å². The molecule has 0 aliphatic heterocycles. The van der Waals surface area contributed by atoms with Crippen LogP contribution in [0.3, 0.4) is 0 Å². The minimum Gasteiger partial charge on any atom is -0.271 e. The van der Waals surface area contributed by atoms with Gasteiger partial charge in [-0.05, 0) is 37.6 Å². The molecule has 5 nitrogen and oxygen atoms in total. The molecule has 0 saturated carbocycles. The summed E-state index contributed by atoms with van der Waals surface area (Å²) >= 11 is 1.70. The topological polar surface area (TPSA) is 76.7 Å². The molecule has 3 aromatic rings. The first-order valence-electron chi connectivity index (χ1n) is 6.79. The summed E-state index contributed by atoms with van der Waals surface area (Å²) in [5.41, 5.74) is 6.77. The van der Waals surface area contributed by atoms with Gasteiger partial charge in [0.1, 0.15) is 0 Å². The van der Waals surface area contributed by atoms with Gasteiger partial charge in [-0.3, -0.25) is 11.3 Å². The fraction of sp³-hybridized carbons (Fsp3) is 0.267. The first kappa shape index (κ1) is 14.1. The second-order valence-corrected chi connectivity index (χ2v) is 6.14. The van der Waals surface area contributed by atoms with E-state index in [1.807, 2.05) is 38.1 Å². The van der Waals surface area contributed by atoms with Crippen molar-refractivity contribution < 1.29 is 0 Å². The van der Waals surface area contributed by atoms with Gasteiger partial charge in [0.2, 0.25) is 0 Å². The van der Waals surface area contributed by atoms with Crippen LogP contribution in [0.1, 0.15) is 28.0 Å². The lowest BCUT2D eigenvalue weighted by Gasteiger charge is -2.16. The maximum absolute atomic E-state index is 5.74. The van der Waals surface area contributed by atoms with Crippen molar-refractivity contribution >= 4 is 21.6 Å². The van der Waals surface area contributed by atoms with Crippen molar-refractivity contribution in [2.75, 3.05) is 0 Å². The van der Waals surface area contributed by atoms with Crippen molar-refractivity contribution in [2.45, 2.75) is 26.3 Å². The molecule has 0 aliphatic carbocycles. The fourth-order valence-electron chi connectivity index (χ4n) is 2.36. The second kappa shape index (κ2) is 5.85. The molecule has 3 N–H and O–H groups in total. The largest absolute Gasteiger partial charge is 0.271 e. The molecule has 1 aromatic carbocycles. The number of aromatic nitrogens is 3. The standard InChI is InChI=1S/C15H17N5S/c1-9-7-11(10(2)20-19-9)13(18-16)8-15-17-12-5-3-4-6-14(12)21-15/h3-7,13,18H,8,16H2,1-2H3. The number of rotatable bonds is 4. The molecular weight excluding hydrogens is 282 g/mol. The number of fused-ring (bicyclic) bond motifs is 1. The quantitative estimate of drug-likeness (QED) is 0.571. The number of benzene rings is 1. The number of hydrogen-bond acceptors (Lipinski definition) is 6. The van der Waals surface area contributed by atoms with Gasteiger partial charge in [-0.2, -0.15) is 10.2 Å². The van der Waals surface area contributed by atoms with Crippen LogP contribution in [0.4, 0.5) is 0 Å². The predicted octanol–water partition coefficient (Wildman–Crippen LogP) is 2.45. The summed E-state index contributed by atoms with van der Waals surface area (Å²) in [7, 11) is 0. The maximum atomic E-state index is 5.74. The van der Waals surface area contributed by atoms with E-state index in [1.165, 1.54) is 4.70 Å². The van der Waals surface area contributed by atoms with Gasteiger partial charge in [0.05, 0.1) is 32.7 Å². The zero-order valence-corrected chi connectivity index (χ0v) is 12.8. The third kappa shape index (κ3) is 2.92. The van der Waals surface area contributed by atoms with E-state index in [4.69, 9.17) is 5.84 Å². The Balaban J connectivity index is 1.91. The number of aryl methyl sites for hydroxylation is 2. The Morgan fingerprint density at radius 3 is 2.81 bits per heavy atom. The fourth-order valence-corrected chi connectivity index (χ4v) is 3.38. The van der Waals surface area contributed by atoms with Crippen LogP contribution in [-0.4, -0.2) is 15.2 Å². The van der Waals surface area contributed by atoms with Crippen molar-refractivity contribution in [1.82, 2.24) is 20.6 Å². The molecule has 3 rings (SSSR count). The molecule has 0 bridgehead atoms. The van der Waals surface area contributed by atoms with E-state index in [0.717, 1.165) is 33.9 Å². The van der Waals surface area contributed by atoms with Crippen LogP contribution in [0, 0.1) is 13.8 Å². The molecule has 6 heteroatoms. The van der Waals surface area contributed by atoms with Crippen LogP contribution in [0.5, 0.6) is 0 Å². The Morgan fingerprint density at radius 1 is 1.24 bits per heavy atom. The Hall–Kier alpha value is -1.89. The van der Waals surface area contributed by atoms with Crippen LogP contribution in [-0.2, 0) is 6.42 Å². The molecule has 0 radical (unpaired) electrons. The highest BCUT2D eigenvalue weighted by molar-refractivity contribution is 7.18. The summed E-state index contributed by atoms with van der Waals surface area (Å²) in [6.45, 7) is 3.88. The number of para-hydroxylation sites is 1. The van der Waals surface area contributed by atoms with Crippen molar-refractivity contribution in [2.24, 2.45) is 5.84 Å². The lowest BCUT2D eigenvalue weighted by atomic mass is 10.0. The average molecular weight is 299 g/mol. The van der Waals surface area contributed by atoms with Crippen LogP contribution >= 0.6 is 11.3 Å². The van der Waals surface area contributed by atoms with Crippen molar-refractivity contribution in [3.63, 3.8) is 0 Å². The predicted molar refractivity (Wildman–Crippen MR) is 84.9 cm³/mol. The molecule has 21 heavy (non-hydrogen) atoms. The molecule has 2 heterocycles.